The molecule has 2 rings (SSSR count). The van der Waals surface area contributed by atoms with Crippen molar-refractivity contribution in [1.29, 1.82) is 0 Å². The van der Waals surface area contributed by atoms with Crippen molar-refractivity contribution < 1.29 is 19.1 Å². The zero-order valence-corrected chi connectivity index (χ0v) is 11.0. The highest BCUT2D eigenvalue weighted by molar-refractivity contribution is 5.78. The van der Waals surface area contributed by atoms with Gasteiger partial charge in [-0.15, -0.1) is 0 Å². The number of benzene rings is 1. The van der Waals surface area contributed by atoms with Crippen molar-refractivity contribution in [3.05, 3.63) is 58.1 Å². The summed E-state index contributed by atoms with van der Waals surface area (Å²) < 4.78 is 10.5. The number of hydrogen-bond donors (Lipinski definition) is 1. The molecule has 0 bridgehead atoms. The maximum atomic E-state index is 11.2. The summed E-state index contributed by atoms with van der Waals surface area (Å²) in [4.78, 5) is 22.2. The molecule has 0 spiro atoms. The summed E-state index contributed by atoms with van der Waals surface area (Å²) in [6.45, 7) is 1.62. The molecule has 5 nitrogen and oxygen atoms in total. The Hall–Kier alpha value is -2.56. The molecular weight excluding hydrogens is 260 g/mol. The molecule has 0 saturated heterocycles. The van der Waals surface area contributed by atoms with Crippen molar-refractivity contribution in [3.8, 4) is 11.5 Å². The number of ether oxygens (including phenoxy) is 1. The Balaban J connectivity index is 1.98. The van der Waals surface area contributed by atoms with E-state index in [0.717, 1.165) is 11.8 Å². The molecule has 0 radical (unpaired) electrons. The maximum Gasteiger partial charge on any atom is 0.226 e. The average Bonchev–Trinajstić information content (AvgIpc) is 2.41. The van der Waals surface area contributed by atoms with E-state index in [2.05, 4.69) is 0 Å². The fourth-order valence-electron chi connectivity index (χ4n) is 1.66. The molecule has 0 fully saturated rings. The van der Waals surface area contributed by atoms with Crippen molar-refractivity contribution in [2.24, 2.45) is 0 Å². The van der Waals surface area contributed by atoms with E-state index in [1.165, 1.54) is 13.0 Å². The van der Waals surface area contributed by atoms with Gasteiger partial charge in [-0.05, 0) is 24.6 Å². The third-order valence-corrected chi connectivity index (χ3v) is 2.62. The van der Waals surface area contributed by atoms with Crippen molar-refractivity contribution in [2.75, 3.05) is 0 Å². The Morgan fingerprint density at radius 1 is 1.30 bits per heavy atom. The number of carbonyl (C=O) groups is 1. The normalized spacial score (nSPS) is 10.2. The number of aromatic hydroxyl groups is 1. The molecule has 0 amide bonds. The van der Waals surface area contributed by atoms with Crippen LogP contribution in [0.4, 0.5) is 0 Å². The van der Waals surface area contributed by atoms with Crippen LogP contribution in [0, 0.1) is 0 Å². The zero-order valence-electron chi connectivity index (χ0n) is 11.0. The predicted molar refractivity (Wildman–Crippen MR) is 71.8 cm³/mol. The molecule has 20 heavy (non-hydrogen) atoms. The van der Waals surface area contributed by atoms with Gasteiger partial charge in [0.2, 0.25) is 5.43 Å². The van der Waals surface area contributed by atoms with Gasteiger partial charge in [-0.3, -0.25) is 9.59 Å². The first-order chi connectivity index (χ1) is 9.54. The van der Waals surface area contributed by atoms with Crippen LogP contribution in [-0.4, -0.2) is 10.9 Å². The van der Waals surface area contributed by atoms with E-state index >= 15 is 0 Å². The van der Waals surface area contributed by atoms with Crippen LogP contribution in [0.1, 0.15) is 18.2 Å². The lowest BCUT2D eigenvalue weighted by molar-refractivity contribution is -0.116. The quantitative estimate of drug-likeness (QED) is 0.903. The van der Waals surface area contributed by atoms with Gasteiger partial charge >= 0.3 is 0 Å². The first-order valence-electron chi connectivity index (χ1n) is 6.06. The lowest BCUT2D eigenvalue weighted by Gasteiger charge is -2.06. The van der Waals surface area contributed by atoms with Gasteiger partial charge in [-0.2, -0.15) is 0 Å². The van der Waals surface area contributed by atoms with Crippen LogP contribution in [0.5, 0.6) is 11.5 Å². The zero-order chi connectivity index (χ0) is 14.5. The van der Waals surface area contributed by atoms with Gasteiger partial charge in [-0.25, -0.2) is 0 Å². The van der Waals surface area contributed by atoms with Crippen LogP contribution in [0.3, 0.4) is 0 Å². The Kier molecular flexibility index (Phi) is 4.20. The van der Waals surface area contributed by atoms with E-state index in [0.29, 0.717) is 17.9 Å². The van der Waals surface area contributed by atoms with Crippen LogP contribution in [0.25, 0.3) is 0 Å². The smallest absolute Gasteiger partial charge is 0.226 e. The first-order valence-corrected chi connectivity index (χ1v) is 6.06. The summed E-state index contributed by atoms with van der Waals surface area (Å²) in [5.41, 5.74) is 0.410. The monoisotopic (exact) mass is 274 g/mol. The average molecular weight is 274 g/mol. The summed E-state index contributed by atoms with van der Waals surface area (Å²) in [6.07, 6.45) is 1.38. The lowest BCUT2D eigenvalue weighted by Crippen LogP contribution is -2.03. The molecule has 0 aliphatic heterocycles. The molecule has 0 aliphatic rings. The Labute approximate surface area is 115 Å². The molecule has 1 heterocycles. The van der Waals surface area contributed by atoms with Gasteiger partial charge in [-0.1, -0.05) is 12.1 Å². The van der Waals surface area contributed by atoms with Gasteiger partial charge in [0.05, 0.1) is 0 Å². The van der Waals surface area contributed by atoms with E-state index in [-0.39, 0.29) is 12.4 Å². The van der Waals surface area contributed by atoms with E-state index in [1.807, 2.05) is 12.1 Å². The van der Waals surface area contributed by atoms with E-state index in [1.54, 1.807) is 12.1 Å². The molecular formula is C15H14O5. The number of ketones is 1. The number of carbonyl (C=O) groups excluding carboxylic acids is 1. The number of Topliss-reactive ketones (excluding diaryl/α,β-unsaturated/α-hetero) is 1. The number of hydrogen-bond acceptors (Lipinski definition) is 5. The van der Waals surface area contributed by atoms with Crippen LogP contribution >= 0.6 is 0 Å². The van der Waals surface area contributed by atoms with Crippen LogP contribution in [-0.2, 0) is 17.8 Å². The summed E-state index contributed by atoms with van der Waals surface area (Å²) >= 11 is 0. The third kappa shape index (κ3) is 3.71. The standard InChI is InChI=1S/C15H14O5/c1-10(16)6-11-2-4-12(5-3-11)19-8-13-7-14(17)15(18)9-20-13/h2-5,7,9,18H,6,8H2,1H3. The molecule has 104 valence electrons. The van der Waals surface area contributed by atoms with Gasteiger partial charge in [0.25, 0.3) is 0 Å². The van der Waals surface area contributed by atoms with Crippen LogP contribution in [0.15, 0.2) is 45.8 Å². The van der Waals surface area contributed by atoms with E-state index < -0.39 is 11.2 Å². The maximum absolute atomic E-state index is 11.2. The highest BCUT2D eigenvalue weighted by Gasteiger charge is 2.03. The summed E-state index contributed by atoms with van der Waals surface area (Å²) in [5.74, 6) is 0.598. The third-order valence-electron chi connectivity index (χ3n) is 2.62. The second-order valence-electron chi connectivity index (χ2n) is 4.41. The second-order valence-corrected chi connectivity index (χ2v) is 4.41. The van der Waals surface area contributed by atoms with Gasteiger partial charge < -0.3 is 14.3 Å². The molecule has 1 aromatic carbocycles. The molecule has 0 aliphatic carbocycles. The SMILES string of the molecule is CC(=O)Cc1ccc(OCc2cc(=O)c(O)co2)cc1. The van der Waals surface area contributed by atoms with Crippen molar-refractivity contribution in [3.63, 3.8) is 0 Å². The van der Waals surface area contributed by atoms with E-state index in [4.69, 9.17) is 14.3 Å². The molecule has 0 unspecified atom stereocenters. The molecule has 0 atom stereocenters. The fraction of sp³-hybridized carbons (Fsp3) is 0.200. The van der Waals surface area contributed by atoms with Gasteiger partial charge in [0.1, 0.15) is 30.2 Å². The first kappa shape index (κ1) is 13.9. The van der Waals surface area contributed by atoms with Gasteiger partial charge in [0.15, 0.2) is 5.75 Å². The highest BCUT2D eigenvalue weighted by atomic mass is 16.5. The Morgan fingerprint density at radius 2 is 2.00 bits per heavy atom. The minimum atomic E-state index is -0.508. The summed E-state index contributed by atoms with van der Waals surface area (Å²) in [7, 11) is 0. The van der Waals surface area contributed by atoms with Crippen molar-refractivity contribution in [2.45, 2.75) is 20.0 Å². The van der Waals surface area contributed by atoms with Crippen LogP contribution in [0.2, 0.25) is 0 Å². The van der Waals surface area contributed by atoms with Gasteiger partial charge in [0, 0.05) is 12.5 Å². The second kappa shape index (κ2) is 6.06. The Bertz CT molecular complexity index is 655. The molecule has 1 N–H and O–H groups in total. The molecule has 5 heteroatoms. The Morgan fingerprint density at radius 3 is 2.60 bits per heavy atom. The molecule has 0 saturated carbocycles. The minimum absolute atomic E-state index is 0.0849. The highest BCUT2D eigenvalue weighted by Crippen LogP contribution is 2.15. The topological polar surface area (TPSA) is 76.7 Å². The molecule has 1 aromatic heterocycles. The predicted octanol–water partition coefficient (Wildman–Crippen LogP) is 2.06. The molecule has 2 aromatic rings. The minimum Gasteiger partial charge on any atom is -0.502 e. The fourth-order valence-corrected chi connectivity index (χ4v) is 1.66. The van der Waals surface area contributed by atoms with Crippen molar-refractivity contribution >= 4 is 5.78 Å². The van der Waals surface area contributed by atoms with E-state index in [9.17, 15) is 9.59 Å². The summed E-state index contributed by atoms with van der Waals surface area (Å²) in [6, 6.07) is 8.29. The largest absolute Gasteiger partial charge is 0.502 e. The summed E-state index contributed by atoms with van der Waals surface area (Å²) in [5, 5.41) is 9.06. The number of rotatable bonds is 5. The lowest BCUT2D eigenvalue weighted by atomic mass is 10.1. The van der Waals surface area contributed by atoms with Crippen molar-refractivity contribution in [1.82, 2.24) is 0 Å². The van der Waals surface area contributed by atoms with Crippen LogP contribution < -0.4 is 10.2 Å².